The van der Waals surface area contributed by atoms with Gasteiger partial charge in [0.1, 0.15) is 34.4 Å². The van der Waals surface area contributed by atoms with Gasteiger partial charge in [-0.15, -0.1) is 10.2 Å². The fourth-order valence-corrected chi connectivity index (χ4v) is 5.45. The molecule has 0 amide bonds. The molecule has 202 valence electrons. The van der Waals surface area contributed by atoms with Gasteiger partial charge in [-0.1, -0.05) is 0 Å². The predicted molar refractivity (Wildman–Crippen MR) is 160 cm³/mol. The first-order valence-corrected chi connectivity index (χ1v) is 13.9. The average Bonchev–Trinajstić information content (AvgIpc) is 3.43. The molecule has 4 aromatic rings. The molecule has 0 aliphatic heterocycles. The Labute approximate surface area is 234 Å². The minimum atomic E-state index is 0.590. The zero-order valence-corrected chi connectivity index (χ0v) is 23.3. The highest BCUT2D eigenvalue weighted by Crippen LogP contribution is 2.43. The van der Waals surface area contributed by atoms with Crippen LogP contribution in [0.25, 0.3) is 22.3 Å². The van der Waals surface area contributed by atoms with Gasteiger partial charge in [-0.25, -0.2) is 0 Å². The van der Waals surface area contributed by atoms with Crippen molar-refractivity contribution in [2.45, 2.75) is 27.7 Å². The van der Waals surface area contributed by atoms with Crippen molar-refractivity contribution in [1.29, 1.82) is 0 Å². The van der Waals surface area contributed by atoms with Gasteiger partial charge in [-0.05, 0) is 123 Å². The van der Waals surface area contributed by atoms with Gasteiger partial charge >= 0.3 is 0 Å². The maximum atomic E-state index is 5.84. The van der Waals surface area contributed by atoms with Crippen molar-refractivity contribution in [2.75, 3.05) is 26.4 Å². The summed E-state index contributed by atoms with van der Waals surface area (Å²) in [7, 11) is 0. The van der Waals surface area contributed by atoms with Gasteiger partial charge in [0.05, 0.1) is 26.4 Å². The summed E-state index contributed by atoms with van der Waals surface area (Å²) in [6, 6.07) is 24.6. The Morgan fingerprint density at radius 2 is 0.625 bits per heavy atom. The molecular formula is C34H32N2O4. The lowest BCUT2D eigenvalue weighted by molar-refractivity contribution is 0.340. The van der Waals surface area contributed by atoms with Gasteiger partial charge < -0.3 is 18.9 Å². The lowest BCUT2D eigenvalue weighted by atomic mass is 10.1. The van der Waals surface area contributed by atoms with Crippen LogP contribution in [0.5, 0.6) is 23.0 Å². The highest BCUT2D eigenvalue weighted by atomic mass is 16.5. The van der Waals surface area contributed by atoms with E-state index in [1.165, 1.54) is 0 Å². The van der Waals surface area contributed by atoms with E-state index in [2.05, 4.69) is 48.5 Å². The summed E-state index contributed by atoms with van der Waals surface area (Å²) < 4.78 is 23.4. The zero-order valence-electron chi connectivity index (χ0n) is 23.3. The number of hydrogen-bond acceptors (Lipinski definition) is 6. The Balaban J connectivity index is 1.55. The fourth-order valence-electron chi connectivity index (χ4n) is 5.45. The predicted octanol–water partition coefficient (Wildman–Crippen LogP) is 7.53. The third-order valence-corrected chi connectivity index (χ3v) is 7.06. The molecule has 0 atom stereocenters. The minimum Gasteiger partial charge on any atom is -0.494 e. The zero-order chi connectivity index (χ0) is 27.6. The number of benzene rings is 4. The topological polar surface area (TPSA) is 61.6 Å². The first-order chi connectivity index (χ1) is 19.6. The molecule has 0 unspecified atom stereocenters. The molecular weight excluding hydrogens is 500 g/mol. The summed E-state index contributed by atoms with van der Waals surface area (Å²) in [5.41, 5.74) is 9.94. The summed E-state index contributed by atoms with van der Waals surface area (Å²) in [4.78, 5) is 0. The average molecular weight is 533 g/mol. The van der Waals surface area contributed by atoms with Crippen LogP contribution < -0.4 is 18.9 Å². The summed E-state index contributed by atoms with van der Waals surface area (Å²) in [6.07, 6.45) is 0. The van der Waals surface area contributed by atoms with Gasteiger partial charge in [-0.3, -0.25) is 0 Å². The van der Waals surface area contributed by atoms with Crippen LogP contribution in [0.4, 0.5) is 0 Å². The van der Waals surface area contributed by atoms with E-state index < -0.39 is 0 Å². The summed E-state index contributed by atoms with van der Waals surface area (Å²) in [6.45, 7) is 10.3. The maximum Gasteiger partial charge on any atom is 0.119 e. The van der Waals surface area contributed by atoms with Crippen LogP contribution in [0.2, 0.25) is 0 Å². The molecule has 40 heavy (non-hydrogen) atoms. The molecule has 0 aromatic heterocycles. The Morgan fingerprint density at radius 3 is 0.850 bits per heavy atom. The standard InChI is InChI=1S/C34H32N2O4/c1-5-37-21-9-13-25-26-14-10-22(38-6-2)18-30(26)33(29(25)17-21)35-36-34-31-19-23(39-7-3)11-15-27(31)28-16-12-24(40-8-4)20-32(28)34/h9-20H,5-8H2,1-4H3. The molecule has 0 spiro atoms. The molecule has 6 heteroatoms. The van der Waals surface area contributed by atoms with Crippen molar-refractivity contribution >= 4 is 11.4 Å². The van der Waals surface area contributed by atoms with Gasteiger partial charge in [0.25, 0.3) is 0 Å². The number of rotatable bonds is 9. The molecule has 2 aliphatic carbocycles. The second kappa shape index (κ2) is 10.9. The monoisotopic (exact) mass is 532 g/mol. The second-order valence-electron chi connectivity index (χ2n) is 9.46. The van der Waals surface area contributed by atoms with Crippen molar-refractivity contribution in [3.8, 4) is 45.3 Å². The number of fused-ring (bicyclic) bond motifs is 6. The Kier molecular flexibility index (Phi) is 6.99. The number of hydrogen-bond donors (Lipinski definition) is 0. The van der Waals surface area contributed by atoms with Gasteiger partial charge in [0.2, 0.25) is 0 Å². The molecule has 0 saturated carbocycles. The van der Waals surface area contributed by atoms with E-state index >= 15 is 0 Å². The van der Waals surface area contributed by atoms with E-state index in [1.807, 2.05) is 52.0 Å². The molecule has 0 N–H and O–H groups in total. The minimum absolute atomic E-state index is 0.590. The van der Waals surface area contributed by atoms with Gasteiger partial charge in [-0.2, -0.15) is 0 Å². The van der Waals surface area contributed by atoms with Crippen LogP contribution in [-0.4, -0.2) is 37.9 Å². The molecule has 6 rings (SSSR count). The van der Waals surface area contributed by atoms with Crippen LogP contribution in [0, 0.1) is 0 Å². The number of nitrogens with zero attached hydrogens (tertiary/aromatic N) is 2. The normalized spacial score (nSPS) is 12.3. The Bertz CT molecular complexity index is 1420. The van der Waals surface area contributed by atoms with Crippen molar-refractivity contribution in [3.05, 3.63) is 95.1 Å². The molecule has 0 bridgehead atoms. The van der Waals surface area contributed by atoms with Crippen molar-refractivity contribution in [3.63, 3.8) is 0 Å². The molecule has 6 nitrogen and oxygen atoms in total. The van der Waals surface area contributed by atoms with E-state index in [4.69, 9.17) is 29.2 Å². The summed E-state index contributed by atoms with van der Waals surface area (Å²) >= 11 is 0. The highest BCUT2D eigenvalue weighted by Gasteiger charge is 2.29. The largest absolute Gasteiger partial charge is 0.494 e. The highest BCUT2D eigenvalue weighted by molar-refractivity contribution is 6.27. The third kappa shape index (κ3) is 4.49. The molecule has 0 saturated heterocycles. The van der Waals surface area contributed by atoms with Crippen molar-refractivity contribution in [2.24, 2.45) is 10.2 Å². The van der Waals surface area contributed by atoms with E-state index in [1.54, 1.807) is 0 Å². The summed E-state index contributed by atoms with van der Waals surface area (Å²) in [5, 5.41) is 9.90. The lowest BCUT2D eigenvalue weighted by Crippen LogP contribution is -2.03. The molecule has 4 aromatic carbocycles. The van der Waals surface area contributed by atoms with E-state index in [9.17, 15) is 0 Å². The van der Waals surface area contributed by atoms with E-state index in [0.29, 0.717) is 26.4 Å². The first-order valence-electron chi connectivity index (χ1n) is 13.9. The van der Waals surface area contributed by atoms with Gasteiger partial charge in [0, 0.05) is 22.3 Å². The smallest absolute Gasteiger partial charge is 0.119 e. The SMILES string of the molecule is CCOc1ccc2c(c1)C(=NN=C1c3cc(OCC)ccc3-c3ccc(OCC)cc31)c1cc(OCC)ccc1-2. The fraction of sp³-hybridized carbons (Fsp3) is 0.235. The van der Waals surface area contributed by atoms with E-state index in [0.717, 1.165) is 78.9 Å². The molecule has 0 fully saturated rings. The number of ether oxygens (including phenoxy) is 4. The molecule has 2 aliphatic rings. The second-order valence-corrected chi connectivity index (χ2v) is 9.46. The van der Waals surface area contributed by atoms with Crippen LogP contribution in [0.1, 0.15) is 49.9 Å². The maximum absolute atomic E-state index is 5.84. The van der Waals surface area contributed by atoms with Gasteiger partial charge in [0.15, 0.2) is 0 Å². The van der Waals surface area contributed by atoms with Crippen LogP contribution in [0.3, 0.4) is 0 Å². The Hall–Kier alpha value is -4.58. The Morgan fingerprint density at radius 1 is 0.375 bits per heavy atom. The van der Waals surface area contributed by atoms with Crippen LogP contribution >= 0.6 is 0 Å². The quantitative estimate of drug-likeness (QED) is 0.181. The molecule has 0 heterocycles. The van der Waals surface area contributed by atoms with Crippen LogP contribution in [0.15, 0.2) is 83.0 Å². The van der Waals surface area contributed by atoms with Crippen molar-refractivity contribution in [1.82, 2.24) is 0 Å². The summed E-state index contributed by atoms with van der Waals surface area (Å²) in [5.74, 6) is 3.22. The lowest BCUT2D eigenvalue weighted by Gasteiger charge is -2.07. The molecule has 0 radical (unpaired) electrons. The van der Waals surface area contributed by atoms with Crippen LogP contribution in [-0.2, 0) is 0 Å². The first kappa shape index (κ1) is 25.7. The van der Waals surface area contributed by atoms with Crippen molar-refractivity contribution < 1.29 is 18.9 Å². The third-order valence-electron chi connectivity index (χ3n) is 7.06. The van der Waals surface area contributed by atoms with E-state index in [-0.39, 0.29) is 0 Å².